The molecule has 0 aliphatic carbocycles. The molecule has 0 saturated carbocycles. The van der Waals surface area contributed by atoms with Crippen LogP contribution in [0.25, 0.3) is 0 Å². The summed E-state index contributed by atoms with van der Waals surface area (Å²) < 4.78 is 11.5. The van der Waals surface area contributed by atoms with Gasteiger partial charge in [-0.05, 0) is 18.3 Å². The number of likely N-dealkylation sites (tertiary alicyclic amines) is 2. The predicted molar refractivity (Wildman–Crippen MR) is 90.5 cm³/mol. The molecule has 3 saturated heterocycles. The molecule has 1 amide bonds. The molecule has 3 rings (SSSR count). The minimum Gasteiger partial charge on any atom is -0.379 e. The zero-order valence-electron chi connectivity index (χ0n) is 15.3. The Labute approximate surface area is 145 Å². The van der Waals surface area contributed by atoms with Crippen LogP contribution in [0.4, 0.5) is 0 Å². The predicted octanol–water partition coefficient (Wildman–Crippen LogP) is 1.22. The van der Waals surface area contributed by atoms with Gasteiger partial charge in [0.05, 0.1) is 13.2 Å². The summed E-state index contributed by atoms with van der Waals surface area (Å²) >= 11 is 0. The largest absolute Gasteiger partial charge is 0.379 e. The highest BCUT2D eigenvalue weighted by Crippen LogP contribution is 2.33. The molecule has 3 aliphatic heterocycles. The molecule has 3 aliphatic rings. The van der Waals surface area contributed by atoms with Crippen LogP contribution in [0.1, 0.15) is 46.5 Å². The van der Waals surface area contributed by atoms with Crippen molar-refractivity contribution in [2.24, 2.45) is 5.41 Å². The highest BCUT2D eigenvalue weighted by molar-refractivity contribution is 5.86. The molecule has 0 aromatic rings. The maximum atomic E-state index is 12.8. The zero-order chi connectivity index (χ0) is 17.4. The summed E-state index contributed by atoms with van der Waals surface area (Å²) in [6, 6.07) is 0. The average molecular weight is 340 g/mol. The summed E-state index contributed by atoms with van der Waals surface area (Å²) in [5.41, 5.74) is -1.20. The van der Waals surface area contributed by atoms with Gasteiger partial charge in [-0.1, -0.05) is 20.8 Å². The van der Waals surface area contributed by atoms with E-state index in [2.05, 4.69) is 25.7 Å². The third-order valence-electron chi connectivity index (χ3n) is 5.29. The molecule has 3 fully saturated rings. The smallest absolute Gasteiger partial charge is 0.255 e. The lowest BCUT2D eigenvalue weighted by Crippen LogP contribution is -2.61. The van der Waals surface area contributed by atoms with E-state index in [1.54, 1.807) is 0 Å². The molecule has 0 aromatic heterocycles. The van der Waals surface area contributed by atoms with Gasteiger partial charge in [-0.2, -0.15) is 0 Å². The molecule has 24 heavy (non-hydrogen) atoms. The van der Waals surface area contributed by atoms with Gasteiger partial charge in [0.15, 0.2) is 11.4 Å². The Morgan fingerprint density at radius 2 is 1.71 bits per heavy atom. The van der Waals surface area contributed by atoms with Gasteiger partial charge in [0.2, 0.25) is 0 Å². The highest BCUT2D eigenvalue weighted by Gasteiger charge is 2.46. The molecular formula is C18H32N2O4. The fourth-order valence-corrected chi connectivity index (χ4v) is 4.14. The van der Waals surface area contributed by atoms with Gasteiger partial charge in [0.1, 0.15) is 0 Å². The number of hydrogen-bond donors (Lipinski definition) is 1. The molecule has 0 bridgehead atoms. The van der Waals surface area contributed by atoms with E-state index in [1.165, 1.54) is 0 Å². The first kappa shape index (κ1) is 18.1. The number of ether oxygens (including phenoxy) is 2. The van der Waals surface area contributed by atoms with Crippen LogP contribution in [-0.2, 0) is 14.3 Å². The van der Waals surface area contributed by atoms with Gasteiger partial charge < -0.3 is 19.5 Å². The Kier molecular flexibility index (Phi) is 4.95. The number of β-amino-alcohol motifs (C(OH)–C–C–N with tert-alkyl or cyclic N) is 1. The molecule has 0 radical (unpaired) electrons. The number of hydrogen-bond acceptors (Lipinski definition) is 5. The normalized spacial score (nSPS) is 31.8. The van der Waals surface area contributed by atoms with Gasteiger partial charge >= 0.3 is 0 Å². The second-order valence-electron chi connectivity index (χ2n) is 8.81. The van der Waals surface area contributed by atoms with Crippen molar-refractivity contribution in [2.75, 3.05) is 45.9 Å². The first-order valence-corrected chi connectivity index (χ1v) is 9.24. The minimum absolute atomic E-state index is 0.0442. The number of carbonyl (C=O) groups is 1. The van der Waals surface area contributed by atoms with Gasteiger partial charge in [-0.15, -0.1) is 0 Å². The van der Waals surface area contributed by atoms with E-state index in [1.807, 2.05) is 4.90 Å². The maximum absolute atomic E-state index is 12.8. The van der Waals surface area contributed by atoms with Crippen molar-refractivity contribution in [3.05, 3.63) is 0 Å². The number of piperidine rings is 2. The molecule has 6 nitrogen and oxygen atoms in total. The molecule has 0 aromatic carbocycles. The van der Waals surface area contributed by atoms with Gasteiger partial charge in [-0.3, -0.25) is 9.69 Å². The first-order valence-electron chi connectivity index (χ1n) is 9.24. The maximum Gasteiger partial charge on any atom is 0.255 e. The Balaban J connectivity index is 1.58. The van der Waals surface area contributed by atoms with Crippen LogP contribution in [0.15, 0.2) is 0 Å². The number of amides is 1. The molecule has 6 heteroatoms. The van der Waals surface area contributed by atoms with Crippen molar-refractivity contribution in [1.29, 1.82) is 0 Å². The van der Waals surface area contributed by atoms with Crippen LogP contribution in [0.3, 0.4) is 0 Å². The van der Waals surface area contributed by atoms with Crippen molar-refractivity contribution < 1.29 is 19.4 Å². The fourth-order valence-electron chi connectivity index (χ4n) is 4.14. The number of carbonyl (C=O) groups excluding carboxylic acids is 1. The Morgan fingerprint density at radius 1 is 1.08 bits per heavy atom. The lowest BCUT2D eigenvalue weighted by Gasteiger charge is -2.44. The second-order valence-corrected chi connectivity index (χ2v) is 8.81. The van der Waals surface area contributed by atoms with Gasteiger partial charge in [-0.25, -0.2) is 0 Å². The molecule has 3 heterocycles. The number of aliphatic hydroxyl groups is 1. The summed E-state index contributed by atoms with van der Waals surface area (Å²) in [5, 5.41) is 11.0. The highest BCUT2D eigenvalue weighted by atomic mass is 16.7. The van der Waals surface area contributed by atoms with Crippen LogP contribution < -0.4 is 0 Å². The molecule has 1 unspecified atom stereocenters. The summed E-state index contributed by atoms with van der Waals surface area (Å²) in [4.78, 5) is 16.9. The van der Waals surface area contributed by atoms with Crippen LogP contribution in [-0.4, -0.2) is 78.1 Å². The monoisotopic (exact) mass is 340 g/mol. The lowest BCUT2D eigenvalue weighted by molar-refractivity contribution is -0.191. The SMILES string of the molecule is CC(C)(C)CN1CCCC(O)(CN2CCC3(CC2)OCCO3)C1=O. The molecular weight excluding hydrogens is 308 g/mol. The van der Waals surface area contributed by atoms with Crippen LogP contribution in [0.5, 0.6) is 0 Å². The van der Waals surface area contributed by atoms with Gasteiger partial charge in [0, 0.05) is 45.6 Å². The number of rotatable bonds is 3. The third kappa shape index (κ3) is 3.93. The quantitative estimate of drug-likeness (QED) is 0.837. The second kappa shape index (κ2) is 6.56. The average Bonchev–Trinajstić information content (AvgIpc) is 2.94. The van der Waals surface area contributed by atoms with E-state index in [-0.39, 0.29) is 11.3 Å². The van der Waals surface area contributed by atoms with Crippen molar-refractivity contribution >= 4 is 5.91 Å². The number of nitrogens with zero attached hydrogens (tertiary/aromatic N) is 2. The summed E-state index contributed by atoms with van der Waals surface area (Å²) in [5.74, 6) is -0.508. The van der Waals surface area contributed by atoms with Gasteiger partial charge in [0.25, 0.3) is 5.91 Å². The topological polar surface area (TPSA) is 62.2 Å². The van der Waals surface area contributed by atoms with E-state index in [0.29, 0.717) is 32.7 Å². The van der Waals surface area contributed by atoms with Crippen LogP contribution in [0.2, 0.25) is 0 Å². The standard InChI is InChI=1S/C18H32N2O4/c1-16(2,3)13-20-8-4-5-17(22,15(20)21)14-19-9-6-18(7-10-19)23-11-12-24-18/h22H,4-14H2,1-3H3. The van der Waals surface area contributed by atoms with Crippen molar-refractivity contribution in [3.63, 3.8) is 0 Å². The lowest BCUT2D eigenvalue weighted by atomic mass is 9.87. The van der Waals surface area contributed by atoms with Crippen molar-refractivity contribution in [1.82, 2.24) is 9.80 Å². The van der Waals surface area contributed by atoms with Crippen LogP contribution >= 0.6 is 0 Å². The van der Waals surface area contributed by atoms with E-state index in [0.717, 1.165) is 38.9 Å². The molecule has 1 atom stereocenters. The Bertz CT molecular complexity index is 460. The molecule has 1 N–H and O–H groups in total. The van der Waals surface area contributed by atoms with E-state index >= 15 is 0 Å². The summed E-state index contributed by atoms with van der Waals surface area (Å²) in [6.07, 6.45) is 3.04. The van der Waals surface area contributed by atoms with Crippen molar-refractivity contribution in [3.8, 4) is 0 Å². The van der Waals surface area contributed by atoms with Crippen molar-refractivity contribution in [2.45, 2.75) is 57.8 Å². The summed E-state index contributed by atoms with van der Waals surface area (Å²) in [6.45, 7) is 11.2. The Morgan fingerprint density at radius 3 is 2.29 bits per heavy atom. The minimum atomic E-state index is -1.24. The summed E-state index contributed by atoms with van der Waals surface area (Å²) in [7, 11) is 0. The van der Waals surface area contributed by atoms with Crippen LogP contribution in [0, 0.1) is 5.41 Å². The Hall–Kier alpha value is -0.690. The third-order valence-corrected chi connectivity index (χ3v) is 5.29. The zero-order valence-corrected chi connectivity index (χ0v) is 15.3. The fraction of sp³-hybridized carbons (Fsp3) is 0.944. The van der Waals surface area contributed by atoms with E-state index < -0.39 is 11.4 Å². The van der Waals surface area contributed by atoms with E-state index in [4.69, 9.17) is 9.47 Å². The molecule has 138 valence electrons. The first-order chi connectivity index (χ1) is 11.2. The van der Waals surface area contributed by atoms with E-state index in [9.17, 15) is 9.90 Å². The molecule has 1 spiro atoms.